The van der Waals surface area contributed by atoms with Crippen LogP contribution in [-0.2, 0) is 4.79 Å². The molecule has 2 N–H and O–H groups in total. The molecule has 1 aromatic rings. The second-order valence-electron chi connectivity index (χ2n) is 6.57. The van der Waals surface area contributed by atoms with E-state index in [1.807, 2.05) is 25.1 Å². The van der Waals surface area contributed by atoms with Gasteiger partial charge in [-0.05, 0) is 19.1 Å². The molecule has 2 aliphatic rings. The van der Waals surface area contributed by atoms with Crippen LogP contribution in [0.15, 0.2) is 18.2 Å². The van der Waals surface area contributed by atoms with E-state index in [1.54, 1.807) is 14.2 Å². The Morgan fingerprint density at radius 2 is 2.16 bits per heavy atom. The second kappa shape index (κ2) is 7.31. The molecule has 7 nitrogen and oxygen atoms in total. The first-order valence-electron chi connectivity index (χ1n) is 8.73. The van der Waals surface area contributed by atoms with Crippen LogP contribution in [0, 0.1) is 0 Å². The summed E-state index contributed by atoms with van der Waals surface area (Å²) < 4.78 is 10.8. The standard InChI is InChI=1S/C18H25N3O4/c1-12(17(22)21-10-8-19-18(21)23)20-9-4-5-15(20)14-7-6-13(24-2)11-16(14)25-3/h6-7,11-12,15H,4-5,8-10H2,1-3H3,(H,19,23)/p+1/t12-,15+/m0/s1. The first-order chi connectivity index (χ1) is 12.1. The number of carbonyl (C=O) groups is 2. The van der Waals surface area contributed by atoms with Crippen molar-refractivity contribution in [3.05, 3.63) is 23.8 Å². The Labute approximate surface area is 147 Å². The van der Waals surface area contributed by atoms with Crippen molar-refractivity contribution in [3.63, 3.8) is 0 Å². The van der Waals surface area contributed by atoms with E-state index in [9.17, 15) is 9.59 Å². The number of hydrogen-bond donors (Lipinski definition) is 2. The predicted molar refractivity (Wildman–Crippen MR) is 91.9 cm³/mol. The van der Waals surface area contributed by atoms with E-state index >= 15 is 0 Å². The van der Waals surface area contributed by atoms with E-state index in [0.29, 0.717) is 13.1 Å². The number of carbonyl (C=O) groups excluding carboxylic acids is 2. The molecule has 0 spiro atoms. The van der Waals surface area contributed by atoms with Crippen molar-refractivity contribution in [2.24, 2.45) is 0 Å². The molecule has 0 aliphatic carbocycles. The lowest BCUT2D eigenvalue weighted by Crippen LogP contribution is -3.15. The lowest BCUT2D eigenvalue weighted by atomic mass is 10.0. The topological polar surface area (TPSA) is 72.3 Å². The first-order valence-corrected chi connectivity index (χ1v) is 8.73. The number of hydrogen-bond acceptors (Lipinski definition) is 4. The first kappa shape index (κ1) is 17.5. The average Bonchev–Trinajstić information content (AvgIpc) is 3.28. The fourth-order valence-corrected chi connectivity index (χ4v) is 3.92. The highest BCUT2D eigenvalue weighted by Gasteiger charge is 2.41. The molecule has 3 atom stereocenters. The summed E-state index contributed by atoms with van der Waals surface area (Å²) in [6.45, 7) is 3.80. The lowest BCUT2D eigenvalue weighted by molar-refractivity contribution is -0.932. The maximum atomic E-state index is 12.8. The molecule has 25 heavy (non-hydrogen) atoms. The van der Waals surface area contributed by atoms with Crippen molar-refractivity contribution in [1.29, 1.82) is 0 Å². The smallest absolute Gasteiger partial charge is 0.324 e. The van der Waals surface area contributed by atoms with Gasteiger partial charge in [0.1, 0.15) is 17.5 Å². The number of nitrogens with zero attached hydrogens (tertiary/aromatic N) is 1. The molecule has 2 aliphatic heterocycles. The van der Waals surface area contributed by atoms with Gasteiger partial charge in [-0.25, -0.2) is 4.79 Å². The molecule has 0 radical (unpaired) electrons. The van der Waals surface area contributed by atoms with Crippen LogP contribution < -0.4 is 19.7 Å². The van der Waals surface area contributed by atoms with Crippen molar-refractivity contribution in [3.8, 4) is 11.5 Å². The molecule has 0 aromatic heterocycles. The van der Waals surface area contributed by atoms with Crippen LogP contribution in [0.2, 0.25) is 0 Å². The summed E-state index contributed by atoms with van der Waals surface area (Å²) in [5, 5.41) is 2.69. The van der Waals surface area contributed by atoms with Gasteiger partial charge in [0.2, 0.25) is 0 Å². The van der Waals surface area contributed by atoms with Gasteiger partial charge in [-0.1, -0.05) is 0 Å². The number of benzene rings is 1. The van der Waals surface area contributed by atoms with Crippen LogP contribution in [-0.4, -0.2) is 56.7 Å². The van der Waals surface area contributed by atoms with Crippen molar-refractivity contribution in [2.45, 2.75) is 31.8 Å². The highest BCUT2D eigenvalue weighted by atomic mass is 16.5. The molecule has 7 heteroatoms. The molecule has 136 valence electrons. The highest BCUT2D eigenvalue weighted by molar-refractivity contribution is 5.97. The Balaban J connectivity index is 1.83. The molecule has 3 rings (SSSR count). The fraction of sp³-hybridized carbons (Fsp3) is 0.556. The van der Waals surface area contributed by atoms with Crippen LogP contribution in [0.3, 0.4) is 0 Å². The van der Waals surface area contributed by atoms with Crippen molar-refractivity contribution >= 4 is 11.9 Å². The summed E-state index contributed by atoms with van der Waals surface area (Å²) in [7, 11) is 3.28. The van der Waals surface area contributed by atoms with Gasteiger partial charge in [-0.15, -0.1) is 0 Å². The summed E-state index contributed by atoms with van der Waals surface area (Å²) in [4.78, 5) is 27.1. The van der Waals surface area contributed by atoms with Gasteiger partial charge in [-0.3, -0.25) is 9.69 Å². The van der Waals surface area contributed by atoms with Crippen LogP contribution in [0.1, 0.15) is 31.4 Å². The van der Waals surface area contributed by atoms with E-state index in [0.717, 1.165) is 36.4 Å². The molecule has 3 amide bonds. The molecule has 1 aromatic carbocycles. The van der Waals surface area contributed by atoms with E-state index in [-0.39, 0.29) is 24.0 Å². The zero-order chi connectivity index (χ0) is 18.0. The third-order valence-corrected chi connectivity index (χ3v) is 5.27. The van der Waals surface area contributed by atoms with Gasteiger partial charge in [0.05, 0.1) is 26.3 Å². The minimum Gasteiger partial charge on any atom is -0.497 e. The van der Waals surface area contributed by atoms with Gasteiger partial charge in [0, 0.05) is 32.0 Å². The summed E-state index contributed by atoms with van der Waals surface area (Å²) in [5.74, 6) is 1.42. The number of ether oxygens (including phenoxy) is 2. The molecule has 1 unspecified atom stereocenters. The van der Waals surface area contributed by atoms with Gasteiger partial charge >= 0.3 is 6.03 Å². The van der Waals surface area contributed by atoms with Crippen molar-refractivity contribution in [1.82, 2.24) is 10.2 Å². The number of quaternary nitrogens is 1. The van der Waals surface area contributed by atoms with Crippen LogP contribution in [0.25, 0.3) is 0 Å². The number of imide groups is 1. The summed E-state index contributed by atoms with van der Waals surface area (Å²) in [5.41, 5.74) is 1.08. The van der Waals surface area contributed by atoms with Crippen LogP contribution in [0.4, 0.5) is 4.79 Å². The van der Waals surface area contributed by atoms with E-state index in [1.165, 1.54) is 9.80 Å². The minimum absolute atomic E-state index is 0.107. The Hall–Kier alpha value is -2.28. The molecule has 0 bridgehead atoms. The quantitative estimate of drug-likeness (QED) is 0.806. The maximum Gasteiger partial charge on any atom is 0.324 e. The van der Waals surface area contributed by atoms with E-state index in [4.69, 9.17) is 9.47 Å². The molecular weight excluding hydrogens is 322 g/mol. The van der Waals surface area contributed by atoms with Crippen LogP contribution >= 0.6 is 0 Å². The maximum absolute atomic E-state index is 12.8. The van der Waals surface area contributed by atoms with Gasteiger partial charge < -0.3 is 19.7 Å². The zero-order valence-electron chi connectivity index (χ0n) is 15.0. The largest absolute Gasteiger partial charge is 0.497 e. The number of methoxy groups -OCH3 is 2. The SMILES string of the molecule is COc1ccc([C@H]2CCC[NH+]2[C@@H](C)C(=O)N2CCNC2=O)c(OC)c1. The monoisotopic (exact) mass is 348 g/mol. The number of likely N-dealkylation sites (tertiary alicyclic amines) is 1. The normalized spacial score (nSPS) is 24.1. The molecule has 2 fully saturated rings. The highest BCUT2D eigenvalue weighted by Crippen LogP contribution is 2.32. The Bertz CT molecular complexity index is 664. The average molecular weight is 348 g/mol. The van der Waals surface area contributed by atoms with Crippen molar-refractivity contribution in [2.75, 3.05) is 33.9 Å². The van der Waals surface area contributed by atoms with Gasteiger partial charge in [-0.2, -0.15) is 0 Å². The number of urea groups is 1. The molecular formula is C18H26N3O4+. The molecule has 0 saturated carbocycles. The van der Waals surface area contributed by atoms with E-state index < -0.39 is 0 Å². The predicted octanol–water partition coefficient (Wildman–Crippen LogP) is 0.364. The molecule has 2 heterocycles. The second-order valence-corrected chi connectivity index (χ2v) is 6.57. The van der Waals surface area contributed by atoms with E-state index in [2.05, 4.69) is 5.32 Å². The molecule has 2 saturated heterocycles. The van der Waals surface area contributed by atoms with Crippen LogP contribution in [0.5, 0.6) is 11.5 Å². The number of nitrogens with one attached hydrogen (secondary N) is 2. The summed E-state index contributed by atoms with van der Waals surface area (Å²) in [6.07, 6.45) is 2.03. The third-order valence-electron chi connectivity index (χ3n) is 5.27. The van der Waals surface area contributed by atoms with Gasteiger partial charge in [0.15, 0.2) is 6.04 Å². The number of amides is 3. The Morgan fingerprint density at radius 3 is 2.80 bits per heavy atom. The third kappa shape index (κ3) is 3.28. The summed E-state index contributed by atoms with van der Waals surface area (Å²) in [6, 6.07) is 5.44. The van der Waals surface area contributed by atoms with Crippen molar-refractivity contribution < 1.29 is 24.0 Å². The zero-order valence-corrected chi connectivity index (χ0v) is 15.0. The fourth-order valence-electron chi connectivity index (χ4n) is 3.92. The number of rotatable bonds is 5. The van der Waals surface area contributed by atoms with Gasteiger partial charge in [0.25, 0.3) is 5.91 Å². The lowest BCUT2D eigenvalue weighted by Gasteiger charge is -2.29. The summed E-state index contributed by atoms with van der Waals surface area (Å²) >= 11 is 0. The Kier molecular flexibility index (Phi) is 5.13. The Morgan fingerprint density at radius 1 is 1.36 bits per heavy atom. The minimum atomic E-state index is -0.283.